The molecule has 0 amide bonds. The molecule has 28 heavy (non-hydrogen) atoms. The van der Waals surface area contributed by atoms with E-state index in [0.717, 1.165) is 35.5 Å². The fourth-order valence-corrected chi connectivity index (χ4v) is 2.52. The maximum absolute atomic E-state index is 5.73. The van der Waals surface area contributed by atoms with Crippen LogP contribution in [-0.2, 0) is 9.47 Å². The Hall–Kier alpha value is -2.56. The van der Waals surface area contributed by atoms with E-state index >= 15 is 0 Å². The first kappa shape index (κ1) is 21.7. The third kappa shape index (κ3) is 7.99. The fourth-order valence-electron chi connectivity index (χ4n) is 2.52. The van der Waals surface area contributed by atoms with Gasteiger partial charge in [-0.2, -0.15) is 0 Å². The summed E-state index contributed by atoms with van der Waals surface area (Å²) in [5, 5.41) is 0. The molecular weight excluding hydrogens is 352 g/mol. The molecular formula is C24H30O4. The van der Waals surface area contributed by atoms with Crippen molar-refractivity contribution in [2.75, 3.05) is 13.2 Å². The summed E-state index contributed by atoms with van der Waals surface area (Å²) in [6, 6.07) is 15.5. The second kappa shape index (κ2) is 12.0. The second-order valence-corrected chi connectivity index (χ2v) is 6.37. The van der Waals surface area contributed by atoms with Crippen LogP contribution >= 0.6 is 0 Å². The first-order valence-corrected chi connectivity index (χ1v) is 9.62. The molecule has 0 N–H and O–H groups in total. The average Bonchev–Trinajstić information content (AvgIpc) is 2.71. The Morgan fingerprint density at radius 1 is 0.679 bits per heavy atom. The lowest BCUT2D eigenvalue weighted by Crippen LogP contribution is -2.18. The van der Waals surface area contributed by atoms with Gasteiger partial charge in [0.05, 0.1) is 13.2 Å². The summed E-state index contributed by atoms with van der Waals surface area (Å²) in [4.78, 5) is 0. The fraction of sp³-hybridized carbons (Fsp3) is 0.333. The van der Waals surface area contributed by atoms with Gasteiger partial charge < -0.3 is 18.9 Å². The van der Waals surface area contributed by atoms with E-state index in [1.807, 2.05) is 62.4 Å². The minimum Gasteiger partial charge on any atom is -0.465 e. The number of unbranched alkanes of at least 4 members (excludes halogenated alkanes) is 1. The molecule has 150 valence electrons. The van der Waals surface area contributed by atoms with Gasteiger partial charge in [-0.1, -0.05) is 49.6 Å². The quantitative estimate of drug-likeness (QED) is 0.317. The zero-order valence-electron chi connectivity index (χ0n) is 16.8. The maximum Gasteiger partial charge on any atom is 0.196 e. The molecule has 2 rings (SSSR count). The van der Waals surface area contributed by atoms with Crippen molar-refractivity contribution < 1.29 is 18.9 Å². The van der Waals surface area contributed by atoms with Crippen LogP contribution in [0.2, 0.25) is 0 Å². The van der Waals surface area contributed by atoms with E-state index in [-0.39, 0.29) is 12.6 Å². The van der Waals surface area contributed by atoms with Crippen LogP contribution in [-0.4, -0.2) is 25.8 Å². The smallest absolute Gasteiger partial charge is 0.196 e. The van der Waals surface area contributed by atoms with E-state index in [2.05, 4.69) is 13.2 Å². The molecule has 0 spiro atoms. The zero-order chi connectivity index (χ0) is 20.2. The van der Waals surface area contributed by atoms with E-state index in [1.54, 1.807) is 12.2 Å². The summed E-state index contributed by atoms with van der Waals surface area (Å²) in [7, 11) is 0. The van der Waals surface area contributed by atoms with Crippen LogP contribution in [0.5, 0.6) is 11.5 Å². The van der Waals surface area contributed by atoms with Crippen molar-refractivity contribution >= 4 is 12.2 Å². The van der Waals surface area contributed by atoms with Crippen LogP contribution in [0.3, 0.4) is 0 Å². The highest BCUT2D eigenvalue weighted by Crippen LogP contribution is 2.16. The van der Waals surface area contributed by atoms with Crippen molar-refractivity contribution in [3.8, 4) is 11.5 Å². The van der Waals surface area contributed by atoms with Gasteiger partial charge in [-0.15, -0.1) is 0 Å². The molecule has 2 aromatic rings. The van der Waals surface area contributed by atoms with Gasteiger partial charge in [0.15, 0.2) is 12.6 Å². The molecule has 0 saturated heterocycles. The van der Waals surface area contributed by atoms with E-state index in [9.17, 15) is 0 Å². The van der Waals surface area contributed by atoms with Gasteiger partial charge in [-0.3, -0.25) is 0 Å². The van der Waals surface area contributed by atoms with Crippen molar-refractivity contribution in [3.05, 3.63) is 72.8 Å². The minimum atomic E-state index is -0.295. The van der Waals surface area contributed by atoms with E-state index in [1.165, 1.54) is 0 Å². The molecule has 2 unspecified atom stereocenters. The largest absolute Gasteiger partial charge is 0.465 e. The summed E-state index contributed by atoms with van der Waals surface area (Å²) in [5.74, 6) is 1.57. The number of ether oxygens (including phenoxy) is 4. The van der Waals surface area contributed by atoms with Crippen molar-refractivity contribution in [3.63, 3.8) is 0 Å². The predicted molar refractivity (Wildman–Crippen MR) is 114 cm³/mol. The highest BCUT2D eigenvalue weighted by atomic mass is 16.7. The number of rotatable bonds is 13. The molecule has 4 heteroatoms. The van der Waals surface area contributed by atoms with Crippen LogP contribution in [0.4, 0.5) is 0 Å². The van der Waals surface area contributed by atoms with Gasteiger partial charge in [-0.25, -0.2) is 0 Å². The third-order valence-corrected chi connectivity index (χ3v) is 4.08. The molecule has 0 aliphatic heterocycles. The average molecular weight is 383 g/mol. The molecule has 0 aliphatic rings. The number of hydrogen-bond donors (Lipinski definition) is 0. The number of benzene rings is 2. The van der Waals surface area contributed by atoms with Crippen molar-refractivity contribution in [2.24, 2.45) is 0 Å². The Kier molecular flexibility index (Phi) is 9.32. The van der Waals surface area contributed by atoms with Crippen molar-refractivity contribution in [2.45, 2.75) is 39.3 Å². The van der Waals surface area contributed by atoms with E-state index < -0.39 is 0 Å². The molecule has 0 bridgehead atoms. The van der Waals surface area contributed by atoms with Crippen molar-refractivity contribution in [1.29, 1.82) is 0 Å². The van der Waals surface area contributed by atoms with Gasteiger partial charge in [0, 0.05) is 0 Å². The summed E-state index contributed by atoms with van der Waals surface area (Å²) in [5.41, 5.74) is 2.13. The molecule has 4 nitrogen and oxygen atoms in total. The van der Waals surface area contributed by atoms with Crippen LogP contribution in [0.1, 0.15) is 37.8 Å². The predicted octanol–water partition coefficient (Wildman–Crippen LogP) is 5.94. The molecule has 2 aromatic carbocycles. The third-order valence-electron chi connectivity index (χ3n) is 4.08. The van der Waals surface area contributed by atoms with E-state index in [0.29, 0.717) is 13.2 Å². The molecule has 0 aliphatic carbocycles. The molecule has 0 radical (unpaired) electrons. The highest BCUT2D eigenvalue weighted by molar-refractivity contribution is 5.48. The summed E-state index contributed by atoms with van der Waals surface area (Å²) in [6.45, 7) is 12.5. The Morgan fingerprint density at radius 2 is 1.04 bits per heavy atom. The molecule has 0 heterocycles. The van der Waals surface area contributed by atoms with Crippen LogP contribution in [0.15, 0.2) is 61.7 Å². The molecule has 0 aromatic heterocycles. The molecule has 0 saturated carbocycles. The zero-order valence-corrected chi connectivity index (χ0v) is 16.8. The monoisotopic (exact) mass is 382 g/mol. The van der Waals surface area contributed by atoms with Crippen molar-refractivity contribution in [1.82, 2.24) is 0 Å². The van der Waals surface area contributed by atoms with Crippen LogP contribution < -0.4 is 9.47 Å². The molecule has 0 fully saturated rings. The Morgan fingerprint density at radius 3 is 1.36 bits per heavy atom. The maximum atomic E-state index is 5.73. The van der Waals surface area contributed by atoms with Gasteiger partial charge in [0.2, 0.25) is 0 Å². The first-order chi connectivity index (χ1) is 13.6. The number of hydrogen-bond acceptors (Lipinski definition) is 4. The minimum absolute atomic E-state index is 0.295. The SMILES string of the molecule is C=Cc1ccc(OC(C)OCCCCOC(C)Oc2ccc(C=C)cc2)cc1. The van der Waals surface area contributed by atoms with Crippen LogP contribution in [0.25, 0.3) is 12.2 Å². The van der Waals surface area contributed by atoms with Gasteiger partial charge in [-0.05, 0) is 62.1 Å². The highest BCUT2D eigenvalue weighted by Gasteiger charge is 2.06. The Balaban J connectivity index is 1.54. The Labute approximate surface area is 168 Å². The Bertz CT molecular complexity index is 643. The summed E-state index contributed by atoms with van der Waals surface area (Å²) < 4.78 is 22.8. The standard InChI is InChI=1S/C24H30O4/c1-5-21-9-13-23(14-10-21)27-19(3)25-17-7-8-18-26-20(4)28-24-15-11-22(6-2)12-16-24/h5-6,9-16,19-20H,1-2,7-8,17-18H2,3-4H3. The van der Waals surface area contributed by atoms with Gasteiger partial charge in [0.1, 0.15) is 11.5 Å². The van der Waals surface area contributed by atoms with Gasteiger partial charge >= 0.3 is 0 Å². The lowest BCUT2D eigenvalue weighted by Gasteiger charge is -2.17. The molecule has 2 atom stereocenters. The lowest BCUT2D eigenvalue weighted by atomic mass is 10.2. The normalized spacial score (nSPS) is 12.8. The second-order valence-electron chi connectivity index (χ2n) is 6.37. The lowest BCUT2D eigenvalue weighted by molar-refractivity contribution is -0.0804. The summed E-state index contributed by atoms with van der Waals surface area (Å²) in [6.07, 6.45) is 4.80. The van der Waals surface area contributed by atoms with Gasteiger partial charge in [0.25, 0.3) is 0 Å². The van der Waals surface area contributed by atoms with E-state index in [4.69, 9.17) is 18.9 Å². The first-order valence-electron chi connectivity index (χ1n) is 9.62. The topological polar surface area (TPSA) is 36.9 Å². The summed E-state index contributed by atoms with van der Waals surface area (Å²) >= 11 is 0. The van der Waals surface area contributed by atoms with Crippen LogP contribution in [0, 0.1) is 0 Å².